The second-order valence-corrected chi connectivity index (χ2v) is 4.07. The molecule has 0 unspecified atom stereocenters. The number of nitrogens with one attached hydrogen (secondary N) is 1. The molecule has 0 atom stereocenters. The lowest BCUT2D eigenvalue weighted by Crippen LogP contribution is -2.33. The molecular formula is C12H13N3O3. The molecular weight excluding hydrogens is 234 g/mol. The maximum Gasteiger partial charge on any atom is 0.246 e. The van der Waals surface area contributed by atoms with Gasteiger partial charge in [-0.25, -0.2) is 4.99 Å². The van der Waals surface area contributed by atoms with Crippen molar-refractivity contribution in [1.82, 2.24) is 5.32 Å². The van der Waals surface area contributed by atoms with Crippen molar-refractivity contribution in [2.24, 2.45) is 4.99 Å². The number of ether oxygens (including phenoxy) is 2. The van der Waals surface area contributed by atoms with Crippen LogP contribution in [0.15, 0.2) is 17.1 Å². The zero-order valence-electron chi connectivity index (χ0n) is 10.2. The summed E-state index contributed by atoms with van der Waals surface area (Å²) in [5.41, 5.74) is 1.88. The van der Waals surface area contributed by atoms with E-state index in [2.05, 4.69) is 10.3 Å². The first-order valence-electron chi connectivity index (χ1n) is 5.60. The summed E-state index contributed by atoms with van der Waals surface area (Å²) in [6.45, 7) is 0.767. The second-order valence-electron chi connectivity index (χ2n) is 4.07. The van der Waals surface area contributed by atoms with E-state index in [9.17, 15) is 4.79 Å². The van der Waals surface area contributed by atoms with Gasteiger partial charge in [0.2, 0.25) is 11.9 Å². The van der Waals surface area contributed by atoms with Crippen LogP contribution < -0.4 is 19.7 Å². The third-order valence-electron chi connectivity index (χ3n) is 3.11. The zero-order chi connectivity index (χ0) is 12.7. The van der Waals surface area contributed by atoms with Crippen molar-refractivity contribution >= 4 is 17.6 Å². The van der Waals surface area contributed by atoms with Crippen LogP contribution in [0.1, 0.15) is 5.56 Å². The molecule has 0 aromatic heterocycles. The Labute approximate surface area is 104 Å². The Hall–Kier alpha value is -2.24. The monoisotopic (exact) mass is 247 g/mol. The van der Waals surface area contributed by atoms with Gasteiger partial charge in [0.25, 0.3) is 0 Å². The van der Waals surface area contributed by atoms with Gasteiger partial charge in [0.05, 0.1) is 26.5 Å². The molecule has 1 amide bonds. The molecule has 0 bridgehead atoms. The van der Waals surface area contributed by atoms with Gasteiger partial charge in [-0.05, 0) is 12.1 Å². The number of hydrogen-bond acceptors (Lipinski definition) is 5. The number of hydrogen-bond donors (Lipinski definition) is 1. The highest BCUT2D eigenvalue weighted by Gasteiger charge is 2.32. The normalized spacial score (nSPS) is 16.7. The van der Waals surface area contributed by atoms with Crippen molar-refractivity contribution in [2.45, 2.75) is 6.54 Å². The lowest BCUT2D eigenvalue weighted by Gasteiger charge is -2.26. The molecule has 1 fully saturated rings. The van der Waals surface area contributed by atoms with Crippen molar-refractivity contribution in [2.75, 3.05) is 25.7 Å². The van der Waals surface area contributed by atoms with Crippen molar-refractivity contribution in [3.8, 4) is 11.5 Å². The summed E-state index contributed by atoms with van der Waals surface area (Å²) in [6.07, 6.45) is 0. The number of carbonyl (C=O) groups is 1. The van der Waals surface area contributed by atoms with Crippen LogP contribution in [0.25, 0.3) is 0 Å². The standard InChI is InChI=1S/C12H13N3O3/c1-17-9-4-3-8-7(11(9)18-2)5-13-12-14-10(16)6-15(8)12/h3-4H,5-6H2,1-2H3,(H,13,14,16). The van der Waals surface area contributed by atoms with Crippen LogP contribution in [0.3, 0.4) is 0 Å². The van der Waals surface area contributed by atoms with Crippen LogP contribution >= 0.6 is 0 Å². The molecule has 2 heterocycles. The largest absolute Gasteiger partial charge is 0.493 e. The van der Waals surface area contributed by atoms with E-state index in [1.165, 1.54) is 0 Å². The molecule has 1 aromatic rings. The van der Waals surface area contributed by atoms with Crippen LogP contribution in [0.4, 0.5) is 5.69 Å². The fourth-order valence-corrected chi connectivity index (χ4v) is 2.31. The number of rotatable bonds is 2. The van der Waals surface area contributed by atoms with E-state index in [0.29, 0.717) is 30.5 Å². The maximum absolute atomic E-state index is 11.4. The molecule has 6 nitrogen and oxygen atoms in total. The first-order valence-corrected chi connectivity index (χ1v) is 5.60. The Kier molecular flexibility index (Phi) is 2.36. The summed E-state index contributed by atoms with van der Waals surface area (Å²) >= 11 is 0. The molecule has 2 aliphatic rings. The third kappa shape index (κ3) is 1.42. The molecule has 0 saturated carbocycles. The lowest BCUT2D eigenvalue weighted by atomic mass is 10.1. The predicted molar refractivity (Wildman–Crippen MR) is 66.2 cm³/mol. The molecule has 0 aliphatic carbocycles. The highest BCUT2D eigenvalue weighted by molar-refractivity contribution is 6.15. The number of methoxy groups -OCH3 is 2. The Balaban J connectivity index is 2.12. The average Bonchev–Trinajstić information content (AvgIpc) is 2.77. The Morgan fingerprint density at radius 1 is 1.33 bits per heavy atom. The smallest absolute Gasteiger partial charge is 0.246 e. The number of benzene rings is 1. The number of anilines is 1. The van der Waals surface area contributed by atoms with Gasteiger partial charge in [-0.2, -0.15) is 0 Å². The molecule has 1 aromatic carbocycles. The fourth-order valence-electron chi connectivity index (χ4n) is 2.31. The minimum Gasteiger partial charge on any atom is -0.493 e. The minimum absolute atomic E-state index is 0.0450. The van der Waals surface area contributed by atoms with E-state index >= 15 is 0 Å². The highest BCUT2D eigenvalue weighted by atomic mass is 16.5. The molecule has 18 heavy (non-hydrogen) atoms. The number of nitrogens with zero attached hydrogens (tertiary/aromatic N) is 2. The molecule has 6 heteroatoms. The first-order chi connectivity index (χ1) is 8.74. The molecule has 94 valence electrons. The summed E-state index contributed by atoms with van der Waals surface area (Å²) in [4.78, 5) is 17.6. The SMILES string of the molecule is COc1ccc2c(c1OC)CN=C1NC(=O)CN12. The highest BCUT2D eigenvalue weighted by Crippen LogP contribution is 2.40. The minimum atomic E-state index is -0.0450. The molecule has 2 aliphatic heterocycles. The summed E-state index contributed by atoms with van der Waals surface area (Å²) in [6, 6.07) is 3.76. The van der Waals surface area contributed by atoms with Crippen LogP contribution in [0, 0.1) is 0 Å². The van der Waals surface area contributed by atoms with E-state index in [-0.39, 0.29) is 5.91 Å². The molecule has 0 radical (unpaired) electrons. The van der Waals surface area contributed by atoms with Gasteiger partial charge in [-0.1, -0.05) is 0 Å². The summed E-state index contributed by atoms with van der Waals surface area (Å²) in [5.74, 6) is 1.92. The average molecular weight is 247 g/mol. The van der Waals surface area contributed by atoms with E-state index in [1.807, 2.05) is 17.0 Å². The van der Waals surface area contributed by atoms with Crippen molar-refractivity contribution < 1.29 is 14.3 Å². The third-order valence-corrected chi connectivity index (χ3v) is 3.11. The summed E-state index contributed by atoms with van der Waals surface area (Å²) < 4.78 is 10.6. The van der Waals surface area contributed by atoms with Gasteiger partial charge in [0.1, 0.15) is 6.54 Å². The van der Waals surface area contributed by atoms with Crippen molar-refractivity contribution in [3.05, 3.63) is 17.7 Å². The number of carbonyl (C=O) groups excluding carboxylic acids is 1. The van der Waals surface area contributed by atoms with Gasteiger partial charge in [0, 0.05) is 5.56 Å². The van der Waals surface area contributed by atoms with Crippen molar-refractivity contribution in [3.63, 3.8) is 0 Å². The quantitative estimate of drug-likeness (QED) is 0.827. The summed E-state index contributed by atoms with van der Waals surface area (Å²) in [7, 11) is 3.20. The van der Waals surface area contributed by atoms with Gasteiger partial charge in [-0.3, -0.25) is 10.1 Å². The van der Waals surface area contributed by atoms with Crippen molar-refractivity contribution in [1.29, 1.82) is 0 Å². The van der Waals surface area contributed by atoms with Gasteiger partial charge in [0.15, 0.2) is 11.5 Å². The van der Waals surface area contributed by atoms with Gasteiger partial charge < -0.3 is 14.4 Å². The lowest BCUT2D eigenvalue weighted by molar-refractivity contribution is -0.117. The van der Waals surface area contributed by atoms with Gasteiger partial charge >= 0.3 is 0 Å². The predicted octanol–water partition coefficient (Wildman–Crippen LogP) is 0.510. The Morgan fingerprint density at radius 2 is 2.17 bits per heavy atom. The van der Waals surface area contributed by atoms with Crippen LogP contribution in [0.2, 0.25) is 0 Å². The fraction of sp³-hybridized carbons (Fsp3) is 0.333. The molecule has 3 rings (SSSR count). The Morgan fingerprint density at radius 3 is 2.89 bits per heavy atom. The number of guanidine groups is 1. The Bertz CT molecular complexity index is 554. The van der Waals surface area contributed by atoms with E-state index < -0.39 is 0 Å². The van der Waals surface area contributed by atoms with Crippen LogP contribution in [0.5, 0.6) is 11.5 Å². The van der Waals surface area contributed by atoms with Gasteiger partial charge in [-0.15, -0.1) is 0 Å². The maximum atomic E-state index is 11.4. The topological polar surface area (TPSA) is 63.2 Å². The molecule has 1 saturated heterocycles. The zero-order valence-corrected chi connectivity index (χ0v) is 10.2. The molecule has 1 N–H and O–H groups in total. The van der Waals surface area contributed by atoms with Crippen LogP contribution in [-0.2, 0) is 11.3 Å². The number of amides is 1. The number of fused-ring (bicyclic) bond motifs is 3. The van der Waals surface area contributed by atoms with E-state index in [0.717, 1.165) is 11.3 Å². The molecule has 0 spiro atoms. The number of aliphatic imine (C=N–C) groups is 1. The van der Waals surface area contributed by atoms with Crippen LogP contribution in [-0.4, -0.2) is 32.6 Å². The summed E-state index contributed by atoms with van der Waals surface area (Å²) in [5, 5.41) is 2.73. The van der Waals surface area contributed by atoms with E-state index in [4.69, 9.17) is 9.47 Å². The second kappa shape index (κ2) is 3.90. The first kappa shape index (κ1) is 10.9. The van der Waals surface area contributed by atoms with E-state index in [1.54, 1.807) is 14.2 Å².